The Morgan fingerprint density at radius 2 is 2.21 bits per heavy atom. The summed E-state index contributed by atoms with van der Waals surface area (Å²) in [6, 6.07) is 0. The number of carbonyl (C=O) groups excluding carboxylic acids is 2. The van der Waals surface area contributed by atoms with E-state index < -0.39 is 17.7 Å². The van der Waals surface area contributed by atoms with Gasteiger partial charge in [-0.3, -0.25) is 14.8 Å². The predicted octanol–water partition coefficient (Wildman–Crippen LogP) is -1.50. The van der Waals surface area contributed by atoms with Crippen LogP contribution in [0.4, 0.5) is 0 Å². The van der Waals surface area contributed by atoms with Crippen LogP contribution in [0.3, 0.4) is 0 Å². The molecule has 1 aliphatic rings. The van der Waals surface area contributed by atoms with E-state index >= 15 is 0 Å². The van der Waals surface area contributed by atoms with Crippen LogP contribution in [0, 0.1) is 0 Å². The molecule has 0 aliphatic carbocycles. The highest BCUT2D eigenvalue weighted by Gasteiger charge is 2.40. The van der Waals surface area contributed by atoms with Gasteiger partial charge in [0.15, 0.2) is 0 Å². The van der Waals surface area contributed by atoms with Gasteiger partial charge in [0, 0.05) is 6.42 Å². The fourth-order valence-electron chi connectivity index (χ4n) is 1.22. The molecule has 1 N–H and O–H groups in total. The van der Waals surface area contributed by atoms with E-state index in [2.05, 4.69) is 20.6 Å². The second kappa shape index (κ2) is 3.07. The molecular weight excluding hydrogens is 190 g/mol. The van der Waals surface area contributed by atoms with E-state index in [9.17, 15) is 9.59 Å². The molecule has 1 aromatic rings. The van der Waals surface area contributed by atoms with Crippen molar-refractivity contribution in [2.75, 3.05) is 0 Å². The highest BCUT2D eigenvalue weighted by molar-refractivity contribution is 6.04. The molecule has 0 saturated carbocycles. The van der Waals surface area contributed by atoms with Crippen molar-refractivity contribution >= 4 is 11.8 Å². The maximum Gasteiger partial charge on any atom is 0.263 e. The highest BCUT2D eigenvalue weighted by Crippen LogP contribution is 2.25. The first-order valence-corrected chi connectivity index (χ1v) is 3.77. The first-order chi connectivity index (χ1) is 6.70. The zero-order valence-corrected chi connectivity index (χ0v) is 6.86. The van der Waals surface area contributed by atoms with Crippen molar-refractivity contribution in [1.29, 1.82) is 0 Å². The van der Waals surface area contributed by atoms with Crippen LogP contribution in [0.2, 0.25) is 0 Å². The minimum atomic E-state index is -0.796. The molecule has 1 aliphatic heterocycles. The largest absolute Gasteiger partial charge is 0.278 e. The van der Waals surface area contributed by atoms with Crippen molar-refractivity contribution < 1.29 is 14.8 Å². The van der Waals surface area contributed by atoms with Crippen LogP contribution in [-0.4, -0.2) is 42.7 Å². The number of aromatic nitrogens is 4. The lowest BCUT2D eigenvalue weighted by Gasteiger charge is -2.04. The number of amides is 2. The molecule has 2 heterocycles. The first kappa shape index (κ1) is 8.63. The molecule has 1 fully saturated rings. The van der Waals surface area contributed by atoms with Crippen LogP contribution in [0.5, 0.6) is 0 Å². The van der Waals surface area contributed by atoms with Gasteiger partial charge < -0.3 is 0 Å². The van der Waals surface area contributed by atoms with Gasteiger partial charge in [0.2, 0.25) is 0 Å². The zero-order valence-electron chi connectivity index (χ0n) is 6.86. The highest BCUT2D eigenvalue weighted by atomic mass is 16.5. The summed E-state index contributed by atoms with van der Waals surface area (Å²) in [5.41, 5.74) is 0.231. The van der Waals surface area contributed by atoms with Gasteiger partial charge in [-0.25, -0.2) is 0 Å². The summed E-state index contributed by atoms with van der Waals surface area (Å²) in [7, 11) is 0. The molecule has 0 spiro atoms. The number of hydroxylamine groups is 2. The van der Waals surface area contributed by atoms with Crippen LogP contribution in [0.1, 0.15) is 18.0 Å². The smallest absolute Gasteiger partial charge is 0.263 e. The molecular formula is C6H5N5O3. The van der Waals surface area contributed by atoms with Gasteiger partial charge in [0.1, 0.15) is 0 Å². The lowest BCUT2D eigenvalue weighted by molar-refractivity contribution is -0.171. The van der Waals surface area contributed by atoms with Crippen LogP contribution < -0.4 is 0 Å². The zero-order chi connectivity index (χ0) is 10.1. The Hall–Kier alpha value is -1.96. The third-order valence-corrected chi connectivity index (χ3v) is 1.92. The normalized spacial score (nSPS) is 21.8. The number of rotatable bonds is 1. The Morgan fingerprint density at radius 1 is 1.43 bits per heavy atom. The average molecular weight is 195 g/mol. The summed E-state index contributed by atoms with van der Waals surface area (Å²) in [6.45, 7) is 0. The van der Waals surface area contributed by atoms with E-state index in [1.807, 2.05) is 0 Å². The molecule has 2 amide bonds. The van der Waals surface area contributed by atoms with E-state index in [-0.39, 0.29) is 17.2 Å². The maximum atomic E-state index is 11.3. The van der Waals surface area contributed by atoms with Gasteiger partial charge in [-0.2, -0.15) is 5.06 Å². The average Bonchev–Trinajstić information content (AvgIpc) is 2.47. The van der Waals surface area contributed by atoms with E-state index in [1.165, 1.54) is 6.20 Å². The lowest BCUT2D eigenvalue weighted by Crippen LogP contribution is -2.26. The van der Waals surface area contributed by atoms with Crippen LogP contribution in [0.15, 0.2) is 6.20 Å². The molecule has 8 heteroatoms. The number of hydrogen-bond acceptors (Lipinski definition) is 7. The second-order valence-corrected chi connectivity index (χ2v) is 2.75. The molecule has 0 radical (unpaired) electrons. The summed E-state index contributed by atoms with van der Waals surface area (Å²) in [5, 5.41) is 22.4. The molecule has 0 aromatic carbocycles. The molecule has 14 heavy (non-hydrogen) atoms. The maximum absolute atomic E-state index is 11.3. The SMILES string of the molecule is O=C1CC(c2cnnnn2)C(=O)N1O. The summed E-state index contributed by atoms with van der Waals surface area (Å²) < 4.78 is 0. The lowest BCUT2D eigenvalue weighted by atomic mass is 10.1. The number of imide groups is 1. The van der Waals surface area contributed by atoms with Crippen molar-refractivity contribution in [3.05, 3.63) is 11.9 Å². The van der Waals surface area contributed by atoms with Gasteiger partial charge in [0.05, 0.1) is 17.8 Å². The van der Waals surface area contributed by atoms with Gasteiger partial charge in [0.25, 0.3) is 11.8 Å². The monoisotopic (exact) mass is 195 g/mol. The Morgan fingerprint density at radius 3 is 2.71 bits per heavy atom. The molecule has 1 atom stereocenters. The standard InChI is InChI=1S/C6H5N5O3/c12-5-1-3(6(13)11(5)14)4-2-7-9-10-8-4/h2-3,14H,1H2. The number of carbonyl (C=O) groups is 2. The van der Waals surface area contributed by atoms with Crippen LogP contribution in [-0.2, 0) is 9.59 Å². The van der Waals surface area contributed by atoms with Crippen molar-refractivity contribution in [3.63, 3.8) is 0 Å². The third kappa shape index (κ3) is 1.21. The minimum Gasteiger partial charge on any atom is -0.278 e. The Balaban J connectivity index is 2.30. The van der Waals surface area contributed by atoms with Gasteiger partial charge in [-0.1, -0.05) is 0 Å². The molecule has 1 unspecified atom stereocenters. The fraction of sp³-hybridized carbons (Fsp3) is 0.333. The minimum absolute atomic E-state index is 0.0901. The van der Waals surface area contributed by atoms with Gasteiger partial charge in [-0.05, 0) is 10.4 Å². The van der Waals surface area contributed by atoms with Crippen LogP contribution in [0.25, 0.3) is 0 Å². The van der Waals surface area contributed by atoms with Crippen molar-refractivity contribution in [1.82, 2.24) is 25.7 Å². The van der Waals surface area contributed by atoms with E-state index in [1.54, 1.807) is 0 Å². The van der Waals surface area contributed by atoms with Crippen molar-refractivity contribution in [3.8, 4) is 0 Å². The number of hydrogen-bond donors (Lipinski definition) is 1. The quantitative estimate of drug-likeness (QED) is 0.428. The summed E-state index contributed by atoms with van der Waals surface area (Å²) in [4.78, 5) is 22.2. The fourth-order valence-corrected chi connectivity index (χ4v) is 1.22. The van der Waals surface area contributed by atoms with Gasteiger partial charge >= 0.3 is 0 Å². The predicted molar refractivity (Wildman–Crippen MR) is 38.6 cm³/mol. The summed E-state index contributed by atoms with van der Waals surface area (Å²) in [6.07, 6.45) is 1.12. The van der Waals surface area contributed by atoms with E-state index in [0.29, 0.717) is 0 Å². The summed E-state index contributed by atoms with van der Waals surface area (Å²) in [5.74, 6) is -2.16. The van der Waals surface area contributed by atoms with Crippen LogP contribution >= 0.6 is 0 Å². The molecule has 1 aromatic heterocycles. The van der Waals surface area contributed by atoms with E-state index in [0.717, 1.165) is 0 Å². The Kier molecular flexibility index (Phi) is 1.89. The number of nitrogens with zero attached hydrogens (tertiary/aromatic N) is 5. The third-order valence-electron chi connectivity index (χ3n) is 1.92. The first-order valence-electron chi connectivity index (χ1n) is 3.77. The van der Waals surface area contributed by atoms with Crippen molar-refractivity contribution in [2.24, 2.45) is 0 Å². The molecule has 0 bridgehead atoms. The second-order valence-electron chi connectivity index (χ2n) is 2.75. The topological polar surface area (TPSA) is 109 Å². The molecule has 72 valence electrons. The van der Waals surface area contributed by atoms with Gasteiger partial charge in [-0.15, -0.1) is 10.2 Å². The van der Waals surface area contributed by atoms with Crippen molar-refractivity contribution in [2.45, 2.75) is 12.3 Å². The molecule has 1 saturated heterocycles. The molecule has 8 nitrogen and oxygen atoms in total. The summed E-state index contributed by atoms with van der Waals surface area (Å²) >= 11 is 0. The Labute approximate surface area is 77.5 Å². The molecule has 2 rings (SSSR count). The Bertz CT molecular complexity index is 380. The van der Waals surface area contributed by atoms with E-state index in [4.69, 9.17) is 5.21 Å².